The van der Waals surface area contributed by atoms with Crippen molar-refractivity contribution >= 4 is 5.97 Å². The third-order valence-corrected chi connectivity index (χ3v) is 2.40. The lowest BCUT2D eigenvalue weighted by molar-refractivity contribution is 0.0519. The van der Waals surface area contributed by atoms with Gasteiger partial charge in [0.25, 0.3) is 0 Å². The summed E-state index contributed by atoms with van der Waals surface area (Å²) in [5.41, 5.74) is 1.79. The highest BCUT2D eigenvalue weighted by Gasteiger charge is 2.11. The quantitative estimate of drug-likeness (QED) is 0.845. The summed E-state index contributed by atoms with van der Waals surface area (Å²) in [5, 5.41) is 6.60. The first-order valence-electron chi connectivity index (χ1n) is 5.65. The Morgan fingerprint density at radius 2 is 2.28 bits per heavy atom. The van der Waals surface area contributed by atoms with E-state index in [1.165, 1.54) is 12.1 Å². The molecule has 0 amide bonds. The molecule has 1 aromatic heterocycles. The van der Waals surface area contributed by atoms with Gasteiger partial charge in [0.1, 0.15) is 5.82 Å². The van der Waals surface area contributed by atoms with Crippen LogP contribution < -0.4 is 0 Å². The van der Waals surface area contributed by atoms with E-state index >= 15 is 0 Å². The number of ether oxygens (including phenoxy) is 1. The number of nitrogens with one attached hydrogen (secondary N) is 1. The zero-order valence-electron chi connectivity index (χ0n) is 9.94. The summed E-state index contributed by atoms with van der Waals surface area (Å²) >= 11 is 0. The van der Waals surface area contributed by atoms with Gasteiger partial charge in [0.15, 0.2) is 5.69 Å². The smallest absolute Gasteiger partial charge is 0.358 e. The third kappa shape index (κ3) is 2.94. The van der Waals surface area contributed by atoms with Crippen molar-refractivity contribution in [3.05, 3.63) is 53.1 Å². The van der Waals surface area contributed by atoms with Crippen LogP contribution in [-0.4, -0.2) is 22.8 Å². The molecule has 18 heavy (non-hydrogen) atoms. The van der Waals surface area contributed by atoms with E-state index in [1.54, 1.807) is 19.1 Å². The van der Waals surface area contributed by atoms with Gasteiger partial charge in [0.2, 0.25) is 0 Å². The topological polar surface area (TPSA) is 55.0 Å². The number of nitrogens with zero attached hydrogens (tertiary/aromatic N) is 1. The molecule has 0 unspecified atom stereocenters. The lowest BCUT2D eigenvalue weighted by Crippen LogP contribution is -2.04. The minimum absolute atomic E-state index is 0.239. The zero-order valence-corrected chi connectivity index (χ0v) is 9.94. The van der Waals surface area contributed by atoms with Crippen LogP contribution in [0.15, 0.2) is 30.3 Å². The fourth-order valence-corrected chi connectivity index (χ4v) is 1.63. The molecule has 0 spiro atoms. The number of aromatic nitrogens is 2. The SMILES string of the molecule is CCOC(=O)c1cc(Cc2cccc(F)c2)[nH]n1. The molecule has 0 saturated heterocycles. The molecule has 0 bridgehead atoms. The molecular weight excluding hydrogens is 235 g/mol. The second-order valence-corrected chi connectivity index (χ2v) is 3.81. The van der Waals surface area contributed by atoms with Crippen LogP contribution in [-0.2, 0) is 11.2 Å². The Morgan fingerprint density at radius 1 is 1.44 bits per heavy atom. The van der Waals surface area contributed by atoms with Crippen LogP contribution in [0.4, 0.5) is 4.39 Å². The van der Waals surface area contributed by atoms with Gasteiger partial charge in [-0.2, -0.15) is 5.10 Å². The van der Waals surface area contributed by atoms with Crippen LogP contribution in [0.25, 0.3) is 0 Å². The summed E-state index contributed by atoms with van der Waals surface area (Å²) in [6.45, 7) is 2.04. The van der Waals surface area contributed by atoms with Gasteiger partial charge in [-0.1, -0.05) is 12.1 Å². The molecule has 4 nitrogen and oxygen atoms in total. The summed E-state index contributed by atoms with van der Waals surface area (Å²) in [6, 6.07) is 7.91. The molecule has 1 heterocycles. The summed E-state index contributed by atoms with van der Waals surface area (Å²) in [5.74, 6) is -0.739. The maximum absolute atomic E-state index is 13.0. The summed E-state index contributed by atoms with van der Waals surface area (Å²) in [7, 11) is 0. The Morgan fingerprint density at radius 3 is 3.00 bits per heavy atom. The highest BCUT2D eigenvalue weighted by atomic mass is 19.1. The first kappa shape index (κ1) is 12.3. The number of aromatic amines is 1. The molecule has 0 aliphatic carbocycles. The predicted octanol–water partition coefficient (Wildman–Crippen LogP) is 2.32. The van der Waals surface area contributed by atoms with E-state index in [-0.39, 0.29) is 11.5 Å². The average molecular weight is 248 g/mol. The van der Waals surface area contributed by atoms with E-state index in [1.807, 2.05) is 6.07 Å². The standard InChI is InChI=1S/C13H13FN2O2/c1-2-18-13(17)12-8-11(15-16-12)7-9-4-3-5-10(14)6-9/h3-6,8H,2,7H2,1H3,(H,15,16). The first-order valence-corrected chi connectivity index (χ1v) is 5.65. The van der Waals surface area contributed by atoms with Crippen molar-refractivity contribution in [1.82, 2.24) is 10.2 Å². The molecule has 0 saturated carbocycles. The van der Waals surface area contributed by atoms with Crippen molar-refractivity contribution in [2.75, 3.05) is 6.61 Å². The van der Waals surface area contributed by atoms with Gasteiger partial charge < -0.3 is 4.74 Å². The molecule has 2 rings (SSSR count). The number of carbonyl (C=O) groups is 1. The van der Waals surface area contributed by atoms with Crippen molar-refractivity contribution in [3.63, 3.8) is 0 Å². The molecule has 0 aliphatic rings. The van der Waals surface area contributed by atoms with Crippen molar-refractivity contribution in [2.24, 2.45) is 0 Å². The number of benzene rings is 1. The van der Waals surface area contributed by atoms with E-state index in [4.69, 9.17) is 4.74 Å². The monoisotopic (exact) mass is 248 g/mol. The van der Waals surface area contributed by atoms with E-state index in [0.29, 0.717) is 13.0 Å². The minimum Gasteiger partial charge on any atom is -0.461 e. The zero-order chi connectivity index (χ0) is 13.0. The van der Waals surface area contributed by atoms with Crippen molar-refractivity contribution < 1.29 is 13.9 Å². The van der Waals surface area contributed by atoms with E-state index < -0.39 is 5.97 Å². The van der Waals surface area contributed by atoms with Gasteiger partial charge in [-0.3, -0.25) is 5.10 Å². The van der Waals surface area contributed by atoms with Crippen LogP contribution in [0.5, 0.6) is 0 Å². The van der Waals surface area contributed by atoms with Gasteiger partial charge >= 0.3 is 5.97 Å². The molecule has 0 radical (unpaired) electrons. The molecule has 94 valence electrons. The fourth-order valence-electron chi connectivity index (χ4n) is 1.63. The molecule has 1 aromatic carbocycles. The number of hydrogen-bond acceptors (Lipinski definition) is 3. The van der Waals surface area contributed by atoms with Gasteiger partial charge in [0, 0.05) is 12.1 Å². The third-order valence-electron chi connectivity index (χ3n) is 2.40. The van der Waals surface area contributed by atoms with E-state index in [0.717, 1.165) is 11.3 Å². The fraction of sp³-hybridized carbons (Fsp3) is 0.231. The Hall–Kier alpha value is -2.17. The maximum Gasteiger partial charge on any atom is 0.358 e. The van der Waals surface area contributed by atoms with Gasteiger partial charge in [-0.25, -0.2) is 9.18 Å². The van der Waals surface area contributed by atoms with Crippen LogP contribution in [0, 0.1) is 5.82 Å². The summed E-state index contributed by atoms with van der Waals surface area (Å²) < 4.78 is 17.8. The highest BCUT2D eigenvalue weighted by Crippen LogP contribution is 2.10. The molecule has 0 aliphatic heterocycles. The number of carbonyl (C=O) groups excluding carboxylic acids is 1. The first-order chi connectivity index (χ1) is 8.69. The van der Waals surface area contributed by atoms with Crippen LogP contribution in [0.3, 0.4) is 0 Å². The number of halogens is 1. The largest absolute Gasteiger partial charge is 0.461 e. The number of esters is 1. The van der Waals surface area contributed by atoms with Crippen LogP contribution in [0.2, 0.25) is 0 Å². The Labute approximate surface area is 104 Å². The van der Waals surface area contributed by atoms with Crippen molar-refractivity contribution in [3.8, 4) is 0 Å². The minimum atomic E-state index is -0.459. The molecule has 0 fully saturated rings. The molecule has 5 heteroatoms. The molecule has 0 atom stereocenters. The Kier molecular flexibility index (Phi) is 3.72. The molecular formula is C13H13FN2O2. The normalized spacial score (nSPS) is 10.3. The average Bonchev–Trinajstić information content (AvgIpc) is 2.78. The lowest BCUT2D eigenvalue weighted by Gasteiger charge is -1.98. The second kappa shape index (κ2) is 5.44. The maximum atomic E-state index is 13.0. The number of rotatable bonds is 4. The van der Waals surface area contributed by atoms with Crippen molar-refractivity contribution in [2.45, 2.75) is 13.3 Å². The van der Waals surface area contributed by atoms with Crippen LogP contribution in [0.1, 0.15) is 28.7 Å². The second-order valence-electron chi connectivity index (χ2n) is 3.81. The van der Waals surface area contributed by atoms with Crippen LogP contribution >= 0.6 is 0 Å². The van der Waals surface area contributed by atoms with Crippen molar-refractivity contribution in [1.29, 1.82) is 0 Å². The Bertz CT molecular complexity index is 551. The number of H-pyrrole nitrogens is 1. The van der Waals surface area contributed by atoms with Gasteiger partial charge in [0.05, 0.1) is 6.61 Å². The Balaban J connectivity index is 2.09. The van der Waals surface area contributed by atoms with E-state index in [2.05, 4.69) is 10.2 Å². The summed E-state index contributed by atoms with van der Waals surface area (Å²) in [4.78, 5) is 11.4. The summed E-state index contributed by atoms with van der Waals surface area (Å²) in [6.07, 6.45) is 0.490. The molecule has 1 N–H and O–H groups in total. The van der Waals surface area contributed by atoms with Gasteiger partial charge in [-0.05, 0) is 30.7 Å². The lowest BCUT2D eigenvalue weighted by atomic mass is 10.1. The number of hydrogen-bond donors (Lipinski definition) is 1. The van der Waals surface area contributed by atoms with Gasteiger partial charge in [-0.15, -0.1) is 0 Å². The highest BCUT2D eigenvalue weighted by molar-refractivity contribution is 5.87. The van der Waals surface area contributed by atoms with E-state index in [9.17, 15) is 9.18 Å². The molecule has 2 aromatic rings. The predicted molar refractivity (Wildman–Crippen MR) is 63.8 cm³/mol.